The van der Waals surface area contributed by atoms with Crippen molar-refractivity contribution in [3.8, 4) is 5.88 Å². The van der Waals surface area contributed by atoms with E-state index in [-0.39, 0.29) is 46.6 Å². The van der Waals surface area contributed by atoms with Crippen LogP contribution in [-0.4, -0.2) is 15.5 Å². The highest BCUT2D eigenvalue weighted by atomic mass is 79.9. The lowest BCUT2D eigenvalue weighted by molar-refractivity contribution is -0.119. The molecule has 0 atom stereocenters. The van der Waals surface area contributed by atoms with Crippen molar-refractivity contribution in [1.82, 2.24) is 14.9 Å². The summed E-state index contributed by atoms with van der Waals surface area (Å²) in [5.41, 5.74) is -0.263. The molecule has 0 aliphatic heterocycles. The summed E-state index contributed by atoms with van der Waals surface area (Å²) in [5.74, 6) is -1.44. The molecular weight excluding hydrogens is 412 g/mol. The van der Waals surface area contributed by atoms with E-state index < -0.39 is 11.6 Å². The van der Waals surface area contributed by atoms with E-state index in [9.17, 15) is 18.4 Å². The highest BCUT2D eigenvalue weighted by Gasteiger charge is 2.18. The SMILES string of the molecule is CC(=O)NCc1nc(OCc2ccc(F)cc2F)c(Br)c(=O)n1C(C)C. The normalized spacial score (nSPS) is 10.9. The third-order valence-electron chi connectivity index (χ3n) is 3.49. The molecular formula is C17H18BrF2N3O3. The fraction of sp³-hybridized carbons (Fsp3) is 0.353. The second-order valence-corrected chi connectivity index (χ2v) is 6.64. The summed E-state index contributed by atoms with van der Waals surface area (Å²) in [6, 6.07) is 2.92. The number of nitrogens with one attached hydrogen (secondary N) is 1. The molecule has 140 valence electrons. The van der Waals surface area contributed by atoms with Gasteiger partial charge in [-0.05, 0) is 41.9 Å². The molecule has 0 saturated heterocycles. The molecule has 0 aliphatic rings. The zero-order chi connectivity index (χ0) is 19.4. The van der Waals surface area contributed by atoms with Crippen LogP contribution in [0.15, 0.2) is 27.5 Å². The van der Waals surface area contributed by atoms with E-state index in [2.05, 4.69) is 26.2 Å². The van der Waals surface area contributed by atoms with Gasteiger partial charge in [-0.15, -0.1) is 0 Å². The number of rotatable bonds is 6. The third-order valence-corrected chi connectivity index (χ3v) is 4.17. The van der Waals surface area contributed by atoms with Crippen molar-refractivity contribution in [1.29, 1.82) is 0 Å². The number of nitrogens with zero attached hydrogens (tertiary/aromatic N) is 2. The third kappa shape index (κ3) is 4.66. The average Bonchev–Trinajstić information content (AvgIpc) is 2.55. The predicted molar refractivity (Wildman–Crippen MR) is 94.8 cm³/mol. The molecule has 0 bridgehead atoms. The van der Waals surface area contributed by atoms with Crippen LogP contribution >= 0.6 is 15.9 Å². The van der Waals surface area contributed by atoms with Gasteiger partial charge >= 0.3 is 0 Å². The molecule has 1 aromatic heterocycles. The molecule has 1 aromatic carbocycles. The molecule has 0 spiro atoms. The Labute approximate surface area is 157 Å². The van der Waals surface area contributed by atoms with E-state index in [1.54, 1.807) is 13.8 Å². The highest BCUT2D eigenvalue weighted by Crippen LogP contribution is 2.22. The number of aromatic nitrogens is 2. The lowest BCUT2D eigenvalue weighted by Crippen LogP contribution is -2.32. The van der Waals surface area contributed by atoms with E-state index in [0.717, 1.165) is 12.1 Å². The quantitative estimate of drug-likeness (QED) is 0.765. The first-order valence-corrected chi connectivity index (χ1v) is 8.62. The molecule has 0 aliphatic carbocycles. The van der Waals surface area contributed by atoms with E-state index in [4.69, 9.17) is 4.74 Å². The van der Waals surface area contributed by atoms with Crippen molar-refractivity contribution in [3.63, 3.8) is 0 Å². The molecule has 2 aromatic rings. The first-order chi connectivity index (χ1) is 12.2. The van der Waals surface area contributed by atoms with Crippen molar-refractivity contribution in [2.24, 2.45) is 0 Å². The Morgan fingerprint density at radius 2 is 2.08 bits per heavy atom. The molecule has 0 unspecified atom stereocenters. The highest BCUT2D eigenvalue weighted by molar-refractivity contribution is 9.10. The van der Waals surface area contributed by atoms with Crippen LogP contribution in [0.1, 0.15) is 38.2 Å². The van der Waals surface area contributed by atoms with Gasteiger partial charge in [0.25, 0.3) is 5.56 Å². The van der Waals surface area contributed by atoms with Gasteiger partial charge in [0.15, 0.2) is 0 Å². The van der Waals surface area contributed by atoms with Gasteiger partial charge in [-0.25, -0.2) is 8.78 Å². The standard InChI is InChI=1S/C17H18BrF2N3O3/c1-9(2)23-14(7-21-10(3)24)22-16(15(18)17(23)25)26-8-11-4-5-12(19)6-13(11)20/h4-6,9H,7-8H2,1-3H3,(H,21,24). The molecule has 9 heteroatoms. The Hall–Kier alpha value is -2.29. The Balaban J connectivity index is 2.35. The van der Waals surface area contributed by atoms with E-state index >= 15 is 0 Å². The van der Waals surface area contributed by atoms with Crippen molar-refractivity contribution >= 4 is 21.8 Å². The number of amides is 1. The molecule has 26 heavy (non-hydrogen) atoms. The van der Waals surface area contributed by atoms with Crippen molar-refractivity contribution < 1.29 is 18.3 Å². The molecule has 6 nitrogen and oxygen atoms in total. The molecule has 0 saturated carbocycles. The van der Waals surface area contributed by atoms with E-state index in [1.165, 1.54) is 17.6 Å². The van der Waals surface area contributed by atoms with Gasteiger partial charge in [0, 0.05) is 24.6 Å². The molecule has 0 fully saturated rings. The monoisotopic (exact) mass is 429 g/mol. The second-order valence-electron chi connectivity index (χ2n) is 5.85. The first kappa shape index (κ1) is 20.0. The molecule has 1 heterocycles. The zero-order valence-electron chi connectivity index (χ0n) is 14.5. The van der Waals surface area contributed by atoms with E-state index in [0.29, 0.717) is 5.82 Å². The minimum absolute atomic E-state index is 0.0315. The largest absolute Gasteiger partial charge is 0.472 e. The Morgan fingerprint density at radius 1 is 1.38 bits per heavy atom. The Morgan fingerprint density at radius 3 is 2.65 bits per heavy atom. The average molecular weight is 430 g/mol. The lowest BCUT2D eigenvalue weighted by Gasteiger charge is -2.18. The molecule has 2 rings (SSSR count). The Kier molecular flexibility index (Phi) is 6.47. The summed E-state index contributed by atoms with van der Waals surface area (Å²) in [4.78, 5) is 28.0. The second kappa shape index (κ2) is 8.39. The van der Waals surface area contributed by atoms with Crippen molar-refractivity contribution in [2.45, 2.75) is 40.0 Å². The van der Waals surface area contributed by atoms with Gasteiger partial charge < -0.3 is 10.1 Å². The van der Waals surface area contributed by atoms with Gasteiger partial charge in [0.1, 0.15) is 28.5 Å². The predicted octanol–water partition coefficient (Wildman–Crippen LogP) is 3.08. The molecule has 0 radical (unpaired) electrons. The molecule has 1 amide bonds. The smallest absolute Gasteiger partial charge is 0.272 e. The number of carbonyl (C=O) groups excluding carboxylic acids is 1. The summed E-state index contributed by atoms with van der Waals surface area (Å²) in [6.45, 7) is 4.77. The van der Waals surface area contributed by atoms with Gasteiger partial charge in [0.2, 0.25) is 11.8 Å². The maximum atomic E-state index is 13.7. The minimum Gasteiger partial charge on any atom is -0.472 e. The topological polar surface area (TPSA) is 73.2 Å². The Bertz CT molecular complexity index is 884. The first-order valence-electron chi connectivity index (χ1n) is 7.82. The molecule has 1 N–H and O–H groups in total. The van der Waals surface area contributed by atoms with Gasteiger partial charge in [0.05, 0.1) is 6.54 Å². The van der Waals surface area contributed by atoms with Crippen LogP contribution in [-0.2, 0) is 17.9 Å². The van der Waals surface area contributed by atoms with Crippen LogP contribution < -0.4 is 15.6 Å². The number of hydrogen-bond acceptors (Lipinski definition) is 4. The number of hydrogen-bond donors (Lipinski definition) is 1. The summed E-state index contributed by atoms with van der Waals surface area (Å²) < 4.78 is 33.7. The van der Waals surface area contributed by atoms with Gasteiger partial charge in [-0.3, -0.25) is 14.2 Å². The van der Waals surface area contributed by atoms with E-state index in [1.807, 2.05) is 0 Å². The zero-order valence-corrected chi connectivity index (χ0v) is 16.1. The maximum Gasteiger partial charge on any atom is 0.272 e. The summed E-state index contributed by atoms with van der Waals surface area (Å²) in [7, 11) is 0. The number of carbonyl (C=O) groups is 1. The maximum absolute atomic E-state index is 13.7. The van der Waals surface area contributed by atoms with Crippen LogP contribution in [0.4, 0.5) is 8.78 Å². The number of halogens is 3. The fourth-order valence-electron chi connectivity index (χ4n) is 2.28. The number of benzene rings is 1. The van der Waals surface area contributed by atoms with Crippen LogP contribution in [0.5, 0.6) is 5.88 Å². The fourth-order valence-corrected chi connectivity index (χ4v) is 2.67. The van der Waals surface area contributed by atoms with Gasteiger partial charge in [-0.2, -0.15) is 4.98 Å². The van der Waals surface area contributed by atoms with Gasteiger partial charge in [-0.1, -0.05) is 0 Å². The lowest BCUT2D eigenvalue weighted by atomic mass is 10.2. The van der Waals surface area contributed by atoms with Crippen molar-refractivity contribution in [3.05, 3.63) is 56.0 Å². The summed E-state index contributed by atoms with van der Waals surface area (Å²) >= 11 is 3.16. The van der Waals surface area contributed by atoms with Crippen molar-refractivity contribution in [2.75, 3.05) is 0 Å². The van der Waals surface area contributed by atoms with Crippen LogP contribution in [0, 0.1) is 11.6 Å². The van der Waals surface area contributed by atoms with Crippen LogP contribution in [0.3, 0.4) is 0 Å². The van der Waals surface area contributed by atoms with Crippen LogP contribution in [0.25, 0.3) is 0 Å². The summed E-state index contributed by atoms with van der Waals surface area (Å²) in [5, 5.41) is 2.59. The summed E-state index contributed by atoms with van der Waals surface area (Å²) in [6.07, 6.45) is 0. The minimum atomic E-state index is -0.755. The number of ether oxygens (including phenoxy) is 1. The van der Waals surface area contributed by atoms with Crippen LogP contribution in [0.2, 0.25) is 0 Å².